The zero-order valence-corrected chi connectivity index (χ0v) is 8.60. The molecule has 0 aliphatic carbocycles. The van der Waals surface area contributed by atoms with Crippen LogP contribution >= 0.6 is 0 Å². The van der Waals surface area contributed by atoms with E-state index in [9.17, 15) is 4.79 Å². The third-order valence-electron chi connectivity index (χ3n) is 2.06. The standard InChI is InChI=1S/C9H16N4O/c1-12(4-3-5-14)7-8-6-9(10)11-13(8)2/h5-6H,3-4,7H2,1-2H3,(H2,10,11). The Bertz CT molecular complexity index is 308. The maximum Gasteiger partial charge on any atom is 0.145 e. The van der Waals surface area contributed by atoms with Gasteiger partial charge in [0.25, 0.3) is 0 Å². The molecule has 0 unspecified atom stereocenters. The molecule has 0 saturated carbocycles. The highest BCUT2D eigenvalue weighted by Crippen LogP contribution is 2.06. The van der Waals surface area contributed by atoms with Gasteiger partial charge in [-0.05, 0) is 7.05 Å². The highest BCUT2D eigenvalue weighted by Gasteiger charge is 2.05. The number of nitrogens with zero attached hydrogens (tertiary/aromatic N) is 3. The summed E-state index contributed by atoms with van der Waals surface area (Å²) in [5.41, 5.74) is 6.60. The minimum absolute atomic E-state index is 0.534. The van der Waals surface area contributed by atoms with E-state index in [4.69, 9.17) is 5.73 Å². The van der Waals surface area contributed by atoms with Gasteiger partial charge in [0.2, 0.25) is 0 Å². The van der Waals surface area contributed by atoms with Gasteiger partial charge in [0.15, 0.2) is 0 Å². The highest BCUT2D eigenvalue weighted by atomic mass is 16.1. The summed E-state index contributed by atoms with van der Waals surface area (Å²) in [7, 11) is 3.83. The molecule has 5 nitrogen and oxygen atoms in total. The van der Waals surface area contributed by atoms with Crippen LogP contribution in [0.4, 0.5) is 5.82 Å². The molecular formula is C9H16N4O. The second-order valence-corrected chi connectivity index (χ2v) is 3.38. The lowest BCUT2D eigenvalue weighted by molar-refractivity contribution is -0.108. The summed E-state index contributed by atoms with van der Waals surface area (Å²) >= 11 is 0. The molecule has 0 aromatic carbocycles. The van der Waals surface area contributed by atoms with Crippen LogP contribution in [-0.4, -0.2) is 34.6 Å². The summed E-state index contributed by atoms with van der Waals surface area (Å²) in [6.07, 6.45) is 1.48. The van der Waals surface area contributed by atoms with Crippen molar-refractivity contribution >= 4 is 12.1 Å². The highest BCUT2D eigenvalue weighted by molar-refractivity contribution is 5.49. The molecule has 0 bridgehead atoms. The molecule has 0 spiro atoms. The second-order valence-electron chi connectivity index (χ2n) is 3.38. The summed E-state index contributed by atoms with van der Waals surface area (Å²) in [6, 6.07) is 1.84. The van der Waals surface area contributed by atoms with Crippen LogP contribution < -0.4 is 5.73 Å². The number of carbonyl (C=O) groups excluding carboxylic acids is 1. The fourth-order valence-electron chi connectivity index (χ4n) is 1.31. The van der Waals surface area contributed by atoms with Crippen LogP contribution in [-0.2, 0) is 18.4 Å². The summed E-state index contributed by atoms with van der Waals surface area (Å²) < 4.78 is 1.76. The summed E-state index contributed by atoms with van der Waals surface area (Å²) in [6.45, 7) is 1.52. The topological polar surface area (TPSA) is 64.2 Å². The van der Waals surface area contributed by atoms with Gasteiger partial charge in [-0.2, -0.15) is 5.10 Å². The molecule has 0 aliphatic rings. The fraction of sp³-hybridized carbons (Fsp3) is 0.556. The summed E-state index contributed by atoms with van der Waals surface area (Å²) in [5.74, 6) is 0.534. The molecule has 2 N–H and O–H groups in total. The van der Waals surface area contributed by atoms with E-state index in [1.165, 1.54) is 0 Å². The fourth-order valence-corrected chi connectivity index (χ4v) is 1.31. The number of hydrogen-bond donors (Lipinski definition) is 1. The zero-order chi connectivity index (χ0) is 10.6. The Balaban J connectivity index is 2.50. The normalized spacial score (nSPS) is 10.8. The number of aryl methyl sites for hydroxylation is 1. The van der Waals surface area contributed by atoms with E-state index in [0.717, 1.165) is 25.1 Å². The number of aromatic nitrogens is 2. The number of rotatable bonds is 5. The average molecular weight is 196 g/mol. The molecule has 0 radical (unpaired) electrons. The van der Waals surface area contributed by atoms with E-state index in [2.05, 4.69) is 10.00 Å². The van der Waals surface area contributed by atoms with Crippen molar-refractivity contribution in [3.8, 4) is 0 Å². The number of aldehydes is 1. The van der Waals surface area contributed by atoms with Gasteiger partial charge in [-0.25, -0.2) is 0 Å². The monoisotopic (exact) mass is 196 g/mol. The van der Waals surface area contributed by atoms with Gasteiger partial charge >= 0.3 is 0 Å². The molecule has 0 fully saturated rings. The molecule has 1 rings (SSSR count). The predicted molar refractivity (Wildman–Crippen MR) is 54.6 cm³/mol. The predicted octanol–water partition coefficient (Wildman–Crippen LogP) is 0.0231. The van der Waals surface area contributed by atoms with Crippen molar-refractivity contribution in [2.75, 3.05) is 19.3 Å². The van der Waals surface area contributed by atoms with Crippen molar-refractivity contribution in [2.24, 2.45) is 7.05 Å². The minimum Gasteiger partial charge on any atom is -0.382 e. The van der Waals surface area contributed by atoms with Crippen molar-refractivity contribution in [3.63, 3.8) is 0 Å². The van der Waals surface area contributed by atoms with Crippen molar-refractivity contribution in [3.05, 3.63) is 11.8 Å². The molecule has 1 aromatic heterocycles. The Labute approximate surface area is 83.5 Å². The Hall–Kier alpha value is -1.36. The molecule has 0 aliphatic heterocycles. The van der Waals surface area contributed by atoms with Crippen LogP contribution in [0.1, 0.15) is 12.1 Å². The van der Waals surface area contributed by atoms with E-state index in [-0.39, 0.29) is 0 Å². The van der Waals surface area contributed by atoms with Crippen LogP contribution in [0.25, 0.3) is 0 Å². The summed E-state index contributed by atoms with van der Waals surface area (Å²) in [5, 5.41) is 4.04. The molecular weight excluding hydrogens is 180 g/mol. The first kappa shape index (κ1) is 10.7. The first-order chi connectivity index (χ1) is 6.63. The maximum absolute atomic E-state index is 10.2. The first-order valence-corrected chi connectivity index (χ1v) is 4.54. The Kier molecular flexibility index (Phi) is 3.64. The summed E-state index contributed by atoms with van der Waals surface area (Å²) in [4.78, 5) is 12.2. The van der Waals surface area contributed by atoms with Gasteiger partial charge in [0, 0.05) is 32.6 Å². The first-order valence-electron chi connectivity index (χ1n) is 4.54. The van der Waals surface area contributed by atoms with Gasteiger partial charge in [-0.3, -0.25) is 4.68 Å². The number of nitrogens with two attached hydrogens (primary N) is 1. The molecule has 1 aromatic rings. The smallest absolute Gasteiger partial charge is 0.145 e. The molecule has 0 amide bonds. The zero-order valence-electron chi connectivity index (χ0n) is 8.60. The third-order valence-corrected chi connectivity index (χ3v) is 2.06. The lowest BCUT2D eigenvalue weighted by atomic mass is 10.3. The van der Waals surface area contributed by atoms with Crippen molar-refractivity contribution in [2.45, 2.75) is 13.0 Å². The van der Waals surface area contributed by atoms with E-state index in [1.54, 1.807) is 4.68 Å². The van der Waals surface area contributed by atoms with Gasteiger partial charge in [-0.15, -0.1) is 0 Å². The number of hydrogen-bond acceptors (Lipinski definition) is 4. The average Bonchev–Trinajstić information content (AvgIpc) is 2.42. The second kappa shape index (κ2) is 4.76. The van der Waals surface area contributed by atoms with Crippen LogP contribution in [0.2, 0.25) is 0 Å². The van der Waals surface area contributed by atoms with E-state index < -0.39 is 0 Å². The Morgan fingerprint density at radius 1 is 1.71 bits per heavy atom. The Morgan fingerprint density at radius 2 is 2.43 bits per heavy atom. The Morgan fingerprint density at radius 3 is 2.93 bits per heavy atom. The van der Waals surface area contributed by atoms with Crippen LogP contribution in [0, 0.1) is 0 Å². The van der Waals surface area contributed by atoms with Crippen molar-refractivity contribution in [1.29, 1.82) is 0 Å². The van der Waals surface area contributed by atoms with E-state index >= 15 is 0 Å². The SMILES string of the molecule is CN(CCC=O)Cc1cc(N)nn1C. The van der Waals surface area contributed by atoms with Gasteiger partial charge < -0.3 is 15.4 Å². The van der Waals surface area contributed by atoms with Crippen molar-refractivity contribution in [1.82, 2.24) is 14.7 Å². The quantitative estimate of drug-likeness (QED) is 0.674. The molecule has 78 valence electrons. The molecule has 0 saturated heterocycles. The molecule has 0 atom stereocenters. The van der Waals surface area contributed by atoms with Gasteiger partial charge in [-0.1, -0.05) is 0 Å². The van der Waals surface area contributed by atoms with Crippen LogP contribution in [0.5, 0.6) is 0 Å². The molecule has 14 heavy (non-hydrogen) atoms. The van der Waals surface area contributed by atoms with Crippen molar-refractivity contribution < 1.29 is 4.79 Å². The molecule has 1 heterocycles. The minimum atomic E-state index is 0.534. The number of nitrogen functional groups attached to an aromatic ring is 1. The largest absolute Gasteiger partial charge is 0.382 e. The van der Waals surface area contributed by atoms with E-state index in [0.29, 0.717) is 12.2 Å². The van der Waals surface area contributed by atoms with E-state index in [1.807, 2.05) is 20.2 Å². The van der Waals surface area contributed by atoms with Crippen LogP contribution in [0.3, 0.4) is 0 Å². The lowest BCUT2D eigenvalue weighted by Crippen LogP contribution is -2.20. The van der Waals surface area contributed by atoms with Gasteiger partial charge in [0.05, 0.1) is 5.69 Å². The lowest BCUT2D eigenvalue weighted by Gasteiger charge is -2.14. The van der Waals surface area contributed by atoms with Crippen LogP contribution in [0.15, 0.2) is 6.07 Å². The van der Waals surface area contributed by atoms with Gasteiger partial charge in [0.1, 0.15) is 12.1 Å². The third kappa shape index (κ3) is 2.85. The maximum atomic E-state index is 10.2. The number of anilines is 1. The molecule has 5 heteroatoms. The number of carbonyl (C=O) groups is 1.